The molecule has 0 bridgehead atoms. The summed E-state index contributed by atoms with van der Waals surface area (Å²) in [5.41, 5.74) is 0.640. The Morgan fingerprint density at radius 2 is 1.86 bits per heavy atom. The van der Waals surface area contributed by atoms with Gasteiger partial charge in [-0.25, -0.2) is 0 Å². The zero-order chi connectivity index (χ0) is 15.1. The van der Waals surface area contributed by atoms with E-state index in [1.165, 1.54) is 26.2 Å². The molecule has 0 aromatic heterocycles. The first-order chi connectivity index (χ1) is 10.2. The van der Waals surface area contributed by atoms with Crippen molar-refractivity contribution in [1.29, 1.82) is 0 Å². The van der Waals surface area contributed by atoms with Crippen LogP contribution < -0.4 is 5.32 Å². The molecular weight excluding hydrogens is 266 g/mol. The molecule has 1 saturated carbocycles. The maximum absolute atomic E-state index is 12.3. The van der Waals surface area contributed by atoms with E-state index in [4.69, 9.17) is 4.74 Å². The Bertz CT molecular complexity index is 466. The molecule has 1 aliphatic carbocycles. The lowest BCUT2D eigenvalue weighted by Gasteiger charge is -2.30. The van der Waals surface area contributed by atoms with E-state index in [0.717, 1.165) is 12.8 Å². The highest BCUT2D eigenvalue weighted by molar-refractivity contribution is 5.94. The molecule has 0 aliphatic heterocycles. The summed E-state index contributed by atoms with van der Waals surface area (Å²) in [5.74, 6) is -0.00569. The van der Waals surface area contributed by atoms with Gasteiger partial charge in [-0.05, 0) is 30.9 Å². The van der Waals surface area contributed by atoms with Crippen molar-refractivity contribution >= 4 is 11.9 Å². The average Bonchev–Trinajstić information content (AvgIpc) is 2.52. The quantitative estimate of drug-likeness (QED) is 0.848. The number of amides is 1. The smallest absolute Gasteiger partial charge is 0.302 e. The molecule has 0 radical (unpaired) electrons. The van der Waals surface area contributed by atoms with Gasteiger partial charge in [0.2, 0.25) is 0 Å². The molecule has 0 unspecified atom stereocenters. The van der Waals surface area contributed by atoms with Gasteiger partial charge in [0.15, 0.2) is 0 Å². The molecule has 2 rings (SSSR count). The third-order valence-corrected chi connectivity index (χ3v) is 4.04. The molecule has 1 atom stereocenters. The second kappa shape index (κ2) is 7.81. The van der Waals surface area contributed by atoms with Gasteiger partial charge >= 0.3 is 5.97 Å². The van der Waals surface area contributed by atoms with E-state index in [1.807, 2.05) is 18.2 Å². The predicted molar refractivity (Wildman–Crippen MR) is 80.9 cm³/mol. The lowest BCUT2D eigenvalue weighted by atomic mass is 9.84. The average molecular weight is 289 g/mol. The van der Waals surface area contributed by atoms with Crippen molar-refractivity contribution in [2.45, 2.75) is 45.1 Å². The van der Waals surface area contributed by atoms with E-state index in [0.29, 0.717) is 11.5 Å². The largest absolute Gasteiger partial charge is 0.464 e. The Morgan fingerprint density at radius 3 is 2.48 bits per heavy atom. The molecule has 114 valence electrons. The Kier molecular flexibility index (Phi) is 5.78. The minimum Gasteiger partial charge on any atom is -0.464 e. The maximum atomic E-state index is 12.3. The lowest BCUT2D eigenvalue weighted by Crippen LogP contribution is -2.44. The van der Waals surface area contributed by atoms with Gasteiger partial charge < -0.3 is 10.1 Å². The first-order valence-corrected chi connectivity index (χ1v) is 7.66. The van der Waals surface area contributed by atoms with E-state index >= 15 is 0 Å². The van der Waals surface area contributed by atoms with Crippen LogP contribution in [0.5, 0.6) is 0 Å². The molecule has 0 heterocycles. The van der Waals surface area contributed by atoms with Crippen molar-refractivity contribution in [2.24, 2.45) is 5.92 Å². The highest BCUT2D eigenvalue weighted by Crippen LogP contribution is 2.27. The van der Waals surface area contributed by atoms with Crippen LogP contribution in [0.15, 0.2) is 30.3 Å². The van der Waals surface area contributed by atoms with Crippen LogP contribution in [-0.4, -0.2) is 24.5 Å². The third kappa shape index (κ3) is 4.88. The summed E-state index contributed by atoms with van der Waals surface area (Å²) in [6.07, 6.45) is 5.79. The van der Waals surface area contributed by atoms with E-state index in [1.54, 1.807) is 12.1 Å². The zero-order valence-corrected chi connectivity index (χ0v) is 12.5. The Morgan fingerprint density at radius 1 is 1.19 bits per heavy atom. The number of carbonyl (C=O) groups is 2. The fourth-order valence-corrected chi connectivity index (χ4v) is 2.88. The topological polar surface area (TPSA) is 55.4 Å². The van der Waals surface area contributed by atoms with Crippen LogP contribution in [0.1, 0.15) is 49.4 Å². The van der Waals surface area contributed by atoms with Crippen LogP contribution in [-0.2, 0) is 9.53 Å². The van der Waals surface area contributed by atoms with Crippen LogP contribution in [0.4, 0.5) is 0 Å². The number of carbonyl (C=O) groups excluding carboxylic acids is 2. The molecule has 4 nitrogen and oxygen atoms in total. The second-order valence-corrected chi connectivity index (χ2v) is 5.65. The minimum absolute atomic E-state index is 0.0955. The first-order valence-electron chi connectivity index (χ1n) is 7.66. The van der Waals surface area contributed by atoms with Crippen molar-refractivity contribution in [2.75, 3.05) is 6.61 Å². The fraction of sp³-hybridized carbons (Fsp3) is 0.529. The molecule has 1 amide bonds. The lowest BCUT2D eigenvalue weighted by molar-refractivity contribution is -0.142. The van der Waals surface area contributed by atoms with Gasteiger partial charge in [0, 0.05) is 12.5 Å². The van der Waals surface area contributed by atoms with Gasteiger partial charge in [-0.15, -0.1) is 0 Å². The van der Waals surface area contributed by atoms with Crippen LogP contribution >= 0.6 is 0 Å². The summed E-state index contributed by atoms with van der Waals surface area (Å²) in [7, 11) is 0. The van der Waals surface area contributed by atoms with Crippen molar-refractivity contribution in [3.63, 3.8) is 0 Å². The van der Waals surface area contributed by atoms with Crippen molar-refractivity contribution in [3.8, 4) is 0 Å². The molecule has 4 heteroatoms. The van der Waals surface area contributed by atoms with Crippen molar-refractivity contribution in [3.05, 3.63) is 35.9 Å². The predicted octanol–water partition coefficient (Wildman–Crippen LogP) is 2.93. The Balaban J connectivity index is 2.00. The summed E-state index contributed by atoms with van der Waals surface area (Å²) in [6, 6.07) is 9.06. The van der Waals surface area contributed by atoms with Crippen molar-refractivity contribution in [1.82, 2.24) is 5.32 Å². The first kappa shape index (κ1) is 15.5. The SMILES string of the molecule is CC(=O)OC[C@H](NC(=O)c1ccccc1)C1CCCCC1. The highest BCUT2D eigenvalue weighted by atomic mass is 16.5. The summed E-state index contributed by atoms with van der Waals surface area (Å²) < 4.78 is 5.14. The molecule has 1 aromatic rings. The molecule has 1 aliphatic rings. The molecule has 1 aromatic carbocycles. The van der Waals surface area contributed by atoms with Gasteiger partial charge in [-0.1, -0.05) is 37.5 Å². The summed E-state index contributed by atoms with van der Waals surface area (Å²) in [6.45, 7) is 1.66. The van der Waals surface area contributed by atoms with Crippen LogP contribution in [0, 0.1) is 5.92 Å². The number of rotatable bonds is 5. The van der Waals surface area contributed by atoms with E-state index < -0.39 is 0 Å². The molecule has 1 N–H and O–H groups in total. The number of esters is 1. The normalized spacial score (nSPS) is 17.0. The molecule has 21 heavy (non-hydrogen) atoms. The van der Waals surface area contributed by atoms with Gasteiger partial charge in [0.25, 0.3) is 5.91 Å². The fourth-order valence-electron chi connectivity index (χ4n) is 2.88. The molecule has 0 saturated heterocycles. The summed E-state index contributed by atoms with van der Waals surface area (Å²) >= 11 is 0. The van der Waals surface area contributed by atoms with E-state index in [-0.39, 0.29) is 24.5 Å². The van der Waals surface area contributed by atoms with Gasteiger partial charge in [0.05, 0.1) is 6.04 Å². The Hall–Kier alpha value is -1.84. The van der Waals surface area contributed by atoms with E-state index in [9.17, 15) is 9.59 Å². The standard InChI is InChI=1S/C17H23NO3/c1-13(19)21-12-16(14-8-4-2-5-9-14)18-17(20)15-10-6-3-7-11-15/h3,6-7,10-11,14,16H,2,4-5,8-9,12H2,1H3,(H,18,20)/t16-/m0/s1. The monoisotopic (exact) mass is 289 g/mol. The number of benzene rings is 1. The third-order valence-electron chi connectivity index (χ3n) is 4.04. The highest BCUT2D eigenvalue weighted by Gasteiger charge is 2.26. The number of ether oxygens (including phenoxy) is 1. The Labute approximate surface area is 125 Å². The number of nitrogens with one attached hydrogen (secondary N) is 1. The van der Waals surface area contributed by atoms with Gasteiger partial charge in [-0.3, -0.25) is 9.59 Å². The second-order valence-electron chi connectivity index (χ2n) is 5.65. The van der Waals surface area contributed by atoms with Crippen LogP contribution in [0.2, 0.25) is 0 Å². The zero-order valence-electron chi connectivity index (χ0n) is 12.5. The summed E-state index contributed by atoms with van der Waals surface area (Å²) in [4.78, 5) is 23.3. The number of hydrogen-bond acceptors (Lipinski definition) is 3. The minimum atomic E-state index is -0.301. The van der Waals surface area contributed by atoms with Crippen LogP contribution in [0.3, 0.4) is 0 Å². The van der Waals surface area contributed by atoms with Gasteiger partial charge in [0.1, 0.15) is 6.61 Å². The van der Waals surface area contributed by atoms with Crippen LogP contribution in [0.25, 0.3) is 0 Å². The maximum Gasteiger partial charge on any atom is 0.302 e. The van der Waals surface area contributed by atoms with Gasteiger partial charge in [-0.2, -0.15) is 0 Å². The molecule has 1 fully saturated rings. The van der Waals surface area contributed by atoms with E-state index in [2.05, 4.69) is 5.32 Å². The van der Waals surface area contributed by atoms with Crippen molar-refractivity contribution < 1.29 is 14.3 Å². The summed E-state index contributed by atoms with van der Waals surface area (Å²) in [5, 5.41) is 3.04. The number of hydrogen-bond donors (Lipinski definition) is 1. The molecular formula is C17H23NO3. The molecule has 0 spiro atoms.